The van der Waals surface area contributed by atoms with Crippen molar-refractivity contribution in [2.75, 3.05) is 19.7 Å². The zero-order valence-electron chi connectivity index (χ0n) is 16.1. The second kappa shape index (κ2) is 7.99. The Kier molecular flexibility index (Phi) is 5.44. The van der Waals surface area contributed by atoms with Gasteiger partial charge in [-0.3, -0.25) is 9.59 Å². The number of nitrogens with zero attached hydrogens (tertiary/aromatic N) is 2. The predicted molar refractivity (Wildman–Crippen MR) is 109 cm³/mol. The van der Waals surface area contributed by atoms with Crippen LogP contribution >= 0.6 is 11.8 Å². The number of amidine groups is 1. The molecule has 0 bridgehead atoms. The lowest BCUT2D eigenvalue weighted by Crippen LogP contribution is -2.39. The Hall–Kier alpha value is -2.28. The Labute approximate surface area is 169 Å². The lowest BCUT2D eigenvalue weighted by atomic mass is 9.97. The van der Waals surface area contributed by atoms with Gasteiger partial charge in [0.2, 0.25) is 0 Å². The van der Waals surface area contributed by atoms with E-state index < -0.39 is 0 Å². The van der Waals surface area contributed by atoms with Gasteiger partial charge < -0.3 is 14.4 Å². The maximum Gasteiger partial charge on any atom is 0.309 e. The number of hydrogen-bond donors (Lipinski definition) is 0. The van der Waals surface area contributed by atoms with Gasteiger partial charge in [-0.1, -0.05) is 6.07 Å². The first kappa shape index (κ1) is 19.1. The van der Waals surface area contributed by atoms with Crippen molar-refractivity contribution in [2.45, 2.75) is 39.2 Å². The molecule has 3 heterocycles. The number of aliphatic imine (C=N–C) groups is 1. The molecular formula is C21H24N2O4S. The van der Waals surface area contributed by atoms with Crippen molar-refractivity contribution in [3.8, 4) is 5.75 Å². The Balaban J connectivity index is 1.39. The topological polar surface area (TPSA) is 68.2 Å². The maximum absolute atomic E-state index is 12.4. The van der Waals surface area contributed by atoms with Gasteiger partial charge in [0.05, 0.1) is 17.4 Å². The van der Waals surface area contributed by atoms with Gasteiger partial charge in [-0.2, -0.15) is 4.99 Å². The number of thioether (sulfide) groups is 1. The number of carbonyl (C=O) groups is 2. The van der Waals surface area contributed by atoms with Gasteiger partial charge in [0.25, 0.3) is 5.91 Å². The van der Waals surface area contributed by atoms with Crippen molar-refractivity contribution in [1.82, 2.24) is 4.90 Å². The smallest absolute Gasteiger partial charge is 0.309 e. The standard InChI is InChI=1S/C21H24N2O4S/c1-3-26-20(25)15-6-8-23(9-7-15)21-22-19(24)18(28-21)12-14-4-5-17-16(11-14)10-13(2)27-17/h4-5,11-13,15H,3,6-10H2,1-2H3/b18-12-/t13-/m0/s1. The van der Waals surface area contributed by atoms with Crippen molar-refractivity contribution in [1.29, 1.82) is 0 Å². The minimum Gasteiger partial charge on any atom is -0.490 e. The third-order valence-electron chi connectivity index (χ3n) is 5.21. The lowest BCUT2D eigenvalue weighted by molar-refractivity contribution is -0.149. The Morgan fingerprint density at radius 3 is 2.93 bits per heavy atom. The quantitative estimate of drug-likeness (QED) is 0.573. The molecule has 1 amide bonds. The Morgan fingerprint density at radius 2 is 2.18 bits per heavy atom. The Morgan fingerprint density at radius 1 is 1.39 bits per heavy atom. The fourth-order valence-electron chi connectivity index (χ4n) is 3.78. The minimum atomic E-state index is -0.197. The molecule has 28 heavy (non-hydrogen) atoms. The molecule has 148 valence electrons. The fourth-order valence-corrected chi connectivity index (χ4v) is 4.75. The number of hydrogen-bond acceptors (Lipinski definition) is 6. The van der Waals surface area contributed by atoms with E-state index in [0.29, 0.717) is 24.6 Å². The highest BCUT2D eigenvalue weighted by Crippen LogP contribution is 2.34. The van der Waals surface area contributed by atoms with Crippen LogP contribution in [-0.2, 0) is 20.7 Å². The SMILES string of the molecule is CCOC(=O)C1CCN(C2=NC(=O)/C(=C/c3ccc4c(c3)C[C@H](C)O4)S2)CC1. The normalized spacial score (nSPS) is 23.6. The van der Waals surface area contributed by atoms with Gasteiger partial charge in [-0.15, -0.1) is 0 Å². The molecule has 0 unspecified atom stereocenters. The van der Waals surface area contributed by atoms with E-state index in [4.69, 9.17) is 9.47 Å². The molecule has 1 fully saturated rings. The molecule has 6 nitrogen and oxygen atoms in total. The van der Waals surface area contributed by atoms with Gasteiger partial charge in [0, 0.05) is 19.5 Å². The molecule has 1 aromatic rings. The highest BCUT2D eigenvalue weighted by Gasteiger charge is 2.31. The van der Waals surface area contributed by atoms with E-state index in [1.54, 1.807) is 0 Å². The van der Waals surface area contributed by atoms with E-state index in [2.05, 4.69) is 22.9 Å². The minimum absolute atomic E-state index is 0.0510. The molecular weight excluding hydrogens is 376 g/mol. The second-order valence-electron chi connectivity index (χ2n) is 7.32. The molecule has 0 saturated carbocycles. The monoisotopic (exact) mass is 400 g/mol. The highest BCUT2D eigenvalue weighted by molar-refractivity contribution is 8.18. The summed E-state index contributed by atoms with van der Waals surface area (Å²) in [5, 5.41) is 0.733. The van der Waals surface area contributed by atoms with Crippen molar-refractivity contribution < 1.29 is 19.1 Å². The number of benzene rings is 1. The van der Waals surface area contributed by atoms with Crippen LogP contribution in [-0.4, -0.2) is 47.7 Å². The van der Waals surface area contributed by atoms with Crippen molar-refractivity contribution in [3.05, 3.63) is 34.2 Å². The molecule has 1 saturated heterocycles. The summed E-state index contributed by atoms with van der Waals surface area (Å²) in [6.07, 6.45) is 4.46. The van der Waals surface area contributed by atoms with Crippen LogP contribution < -0.4 is 4.74 Å². The highest BCUT2D eigenvalue weighted by atomic mass is 32.2. The van der Waals surface area contributed by atoms with Gasteiger partial charge in [0.1, 0.15) is 11.9 Å². The van der Waals surface area contributed by atoms with Crippen LogP contribution in [0.5, 0.6) is 5.75 Å². The molecule has 4 rings (SSSR count). The number of ether oxygens (including phenoxy) is 2. The number of fused-ring (bicyclic) bond motifs is 1. The number of rotatable bonds is 3. The molecule has 0 aromatic heterocycles. The largest absolute Gasteiger partial charge is 0.490 e. The summed E-state index contributed by atoms with van der Waals surface area (Å²) >= 11 is 1.41. The second-order valence-corrected chi connectivity index (χ2v) is 8.33. The molecule has 3 aliphatic rings. The van der Waals surface area contributed by atoms with Crippen LogP contribution in [0.2, 0.25) is 0 Å². The third kappa shape index (κ3) is 3.94. The average molecular weight is 401 g/mol. The number of likely N-dealkylation sites (tertiary alicyclic amines) is 1. The van der Waals surface area contributed by atoms with Crippen LogP contribution in [0, 0.1) is 5.92 Å². The first-order valence-electron chi connectivity index (χ1n) is 9.77. The van der Waals surface area contributed by atoms with Crippen LogP contribution in [0.4, 0.5) is 0 Å². The molecule has 7 heteroatoms. The van der Waals surface area contributed by atoms with Crippen LogP contribution in [0.15, 0.2) is 28.1 Å². The first-order chi connectivity index (χ1) is 13.5. The van der Waals surface area contributed by atoms with E-state index in [1.165, 1.54) is 17.3 Å². The zero-order valence-corrected chi connectivity index (χ0v) is 17.0. The fraction of sp³-hybridized carbons (Fsp3) is 0.476. The van der Waals surface area contributed by atoms with Crippen molar-refractivity contribution in [2.24, 2.45) is 10.9 Å². The van der Waals surface area contributed by atoms with E-state index in [9.17, 15) is 9.59 Å². The molecule has 1 aromatic carbocycles. The van der Waals surface area contributed by atoms with Crippen molar-refractivity contribution >= 4 is 34.9 Å². The maximum atomic E-state index is 12.4. The first-order valence-corrected chi connectivity index (χ1v) is 10.6. The molecule has 0 N–H and O–H groups in total. The van der Waals surface area contributed by atoms with E-state index in [-0.39, 0.29) is 23.9 Å². The third-order valence-corrected chi connectivity index (χ3v) is 6.26. The van der Waals surface area contributed by atoms with Gasteiger partial charge >= 0.3 is 5.97 Å². The summed E-state index contributed by atoms with van der Waals surface area (Å²) < 4.78 is 10.9. The summed E-state index contributed by atoms with van der Waals surface area (Å²) in [4.78, 5) is 31.2. The average Bonchev–Trinajstić information content (AvgIpc) is 3.23. The lowest BCUT2D eigenvalue weighted by Gasteiger charge is -2.31. The summed E-state index contributed by atoms with van der Waals surface area (Å²) in [7, 11) is 0. The number of piperidine rings is 1. The number of amides is 1. The van der Waals surface area contributed by atoms with Crippen LogP contribution in [0.3, 0.4) is 0 Å². The summed E-state index contributed by atoms with van der Waals surface area (Å²) in [6, 6.07) is 6.03. The number of esters is 1. The van der Waals surface area contributed by atoms with Crippen LogP contribution in [0.1, 0.15) is 37.8 Å². The molecule has 1 atom stereocenters. The summed E-state index contributed by atoms with van der Waals surface area (Å²) in [5.74, 6) is 0.568. The van der Waals surface area contributed by atoms with Crippen LogP contribution in [0.25, 0.3) is 6.08 Å². The Bertz CT molecular complexity index is 856. The molecule has 3 aliphatic heterocycles. The van der Waals surface area contributed by atoms with E-state index >= 15 is 0 Å². The van der Waals surface area contributed by atoms with E-state index in [1.807, 2.05) is 25.1 Å². The molecule has 0 radical (unpaired) electrons. The number of carbonyl (C=O) groups excluding carboxylic acids is 2. The van der Waals surface area contributed by atoms with E-state index in [0.717, 1.165) is 35.7 Å². The molecule has 0 aliphatic carbocycles. The van der Waals surface area contributed by atoms with Gasteiger partial charge in [-0.05, 0) is 67.8 Å². The molecule has 0 spiro atoms. The zero-order chi connectivity index (χ0) is 19.7. The summed E-state index contributed by atoms with van der Waals surface area (Å²) in [6.45, 7) is 5.72. The van der Waals surface area contributed by atoms with Gasteiger partial charge in [0.15, 0.2) is 5.17 Å². The van der Waals surface area contributed by atoms with Crippen molar-refractivity contribution in [3.63, 3.8) is 0 Å². The predicted octanol–water partition coefficient (Wildman–Crippen LogP) is 3.26. The van der Waals surface area contributed by atoms with Gasteiger partial charge in [-0.25, -0.2) is 0 Å². The summed E-state index contributed by atoms with van der Waals surface area (Å²) in [5.41, 5.74) is 2.17.